The van der Waals surface area contributed by atoms with E-state index in [4.69, 9.17) is 18.9 Å². The van der Waals surface area contributed by atoms with Gasteiger partial charge in [-0.3, -0.25) is 0 Å². The molecule has 13 heavy (non-hydrogen) atoms. The maximum absolute atomic E-state index is 5.52. The molecular weight excluding hydrogens is 172 g/mol. The van der Waals surface area contributed by atoms with Crippen molar-refractivity contribution in [2.75, 3.05) is 27.9 Å². The van der Waals surface area contributed by atoms with Gasteiger partial charge in [0.15, 0.2) is 6.29 Å². The Balaban J connectivity index is 2.51. The second kappa shape index (κ2) is 5.34. The van der Waals surface area contributed by atoms with E-state index in [-0.39, 0.29) is 18.5 Å². The van der Waals surface area contributed by atoms with E-state index < -0.39 is 0 Å². The summed E-state index contributed by atoms with van der Waals surface area (Å²) in [5, 5.41) is 0. The average Bonchev–Trinajstić information content (AvgIpc) is 2.18. The molecule has 1 heterocycles. The molecule has 0 aromatic carbocycles. The van der Waals surface area contributed by atoms with Crippen LogP contribution < -0.4 is 0 Å². The fourth-order valence-corrected chi connectivity index (χ4v) is 1.26. The van der Waals surface area contributed by atoms with Crippen LogP contribution in [-0.2, 0) is 18.9 Å². The van der Waals surface area contributed by atoms with E-state index in [1.807, 2.05) is 12.2 Å². The zero-order valence-electron chi connectivity index (χ0n) is 8.23. The van der Waals surface area contributed by atoms with E-state index >= 15 is 0 Å². The molecule has 0 fully saturated rings. The van der Waals surface area contributed by atoms with Crippen molar-refractivity contribution in [2.45, 2.75) is 18.5 Å². The molecular formula is C9H16O4. The summed E-state index contributed by atoms with van der Waals surface area (Å²) < 4.78 is 20.8. The van der Waals surface area contributed by atoms with Crippen molar-refractivity contribution in [1.29, 1.82) is 0 Å². The Bertz CT molecular complexity index is 169. The largest absolute Gasteiger partial charge is 0.382 e. The minimum Gasteiger partial charge on any atom is -0.382 e. The Hall–Kier alpha value is -0.420. The maximum atomic E-state index is 5.52. The van der Waals surface area contributed by atoms with Crippen molar-refractivity contribution in [1.82, 2.24) is 0 Å². The summed E-state index contributed by atoms with van der Waals surface area (Å²) in [6.45, 7) is 0.535. The van der Waals surface area contributed by atoms with E-state index in [0.717, 1.165) is 0 Å². The first-order valence-electron chi connectivity index (χ1n) is 4.20. The average molecular weight is 188 g/mol. The molecule has 0 saturated heterocycles. The molecule has 0 N–H and O–H groups in total. The van der Waals surface area contributed by atoms with Gasteiger partial charge in [-0.1, -0.05) is 12.2 Å². The Morgan fingerprint density at radius 2 is 1.92 bits per heavy atom. The molecule has 76 valence electrons. The van der Waals surface area contributed by atoms with Gasteiger partial charge in [-0.15, -0.1) is 0 Å². The van der Waals surface area contributed by atoms with Crippen LogP contribution >= 0.6 is 0 Å². The van der Waals surface area contributed by atoms with Gasteiger partial charge < -0.3 is 18.9 Å². The Labute approximate surface area is 78.4 Å². The summed E-state index contributed by atoms with van der Waals surface area (Å²) in [5.74, 6) is 0. The number of rotatable bonds is 4. The second-order valence-corrected chi connectivity index (χ2v) is 2.82. The molecule has 0 saturated carbocycles. The number of hydrogen-bond donors (Lipinski definition) is 0. The van der Waals surface area contributed by atoms with Crippen molar-refractivity contribution in [3.05, 3.63) is 12.2 Å². The predicted octanol–water partition coefficient (Wildman–Crippen LogP) is 0.575. The standard InChI is InChI=1S/C9H16O4/c1-10-6-7-4-5-8(11-2)9(12-3)13-7/h4-5,7-9H,6H2,1-3H3/t7-,8+,9+/m0/s1. The van der Waals surface area contributed by atoms with Gasteiger partial charge >= 0.3 is 0 Å². The zero-order valence-corrected chi connectivity index (χ0v) is 8.23. The van der Waals surface area contributed by atoms with Crippen LogP contribution in [0.2, 0.25) is 0 Å². The third-order valence-electron chi connectivity index (χ3n) is 1.93. The molecule has 4 nitrogen and oxygen atoms in total. The monoisotopic (exact) mass is 188 g/mol. The molecule has 0 bridgehead atoms. The summed E-state index contributed by atoms with van der Waals surface area (Å²) in [6, 6.07) is 0. The van der Waals surface area contributed by atoms with Crippen molar-refractivity contribution in [2.24, 2.45) is 0 Å². The van der Waals surface area contributed by atoms with E-state index in [1.165, 1.54) is 0 Å². The summed E-state index contributed by atoms with van der Waals surface area (Å²) in [4.78, 5) is 0. The van der Waals surface area contributed by atoms with Crippen LogP contribution in [0.3, 0.4) is 0 Å². The lowest BCUT2D eigenvalue weighted by Crippen LogP contribution is -2.39. The van der Waals surface area contributed by atoms with Gasteiger partial charge in [0.25, 0.3) is 0 Å². The molecule has 1 aliphatic heterocycles. The smallest absolute Gasteiger partial charge is 0.187 e. The normalized spacial score (nSPS) is 33.6. The minimum atomic E-state index is -0.338. The minimum absolute atomic E-state index is 0.0404. The molecule has 0 aromatic heterocycles. The van der Waals surface area contributed by atoms with E-state index in [0.29, 0.717) is 6.61 Å². The SMILES string of the molecule is COC[C@@H]1C=C[C@@H](OC)[C@H](OC)O1. The third kappa shape index (κ3) is 2.77. The lowest BCUT2D eigenvalue weighted by molar-refractivity contribution is -0.203. The topological polar surface area (TPSA) is 36.9 Å². The highest BCUT2D eigenvalue weighted by Gasteiger charge is 2.26. The van der Waals surface area contributed by atoms with Gasteiger partial charge in [-0.25, -0.2) is 0 Å². The van der Waals surface area contributed by atoms with Crippen LogP contribution in [0.4, 0.5) is 0 Å². The molecule has 4 heteroatoms. The van der Waals surface area contributed by atoms with Gasteiger partial charge in [0.2, 0.25) is 0 Å². The Morgan fingerprint density at radius 1 is 1.15 bits per heavy atom. The van der Waals surface area contributed by atoms with E-state index in [1.54, 1.807) is 21.3 Å². The van der Waals surface area contributed by atoms with Crippen LogP contribution in [-0.4, -0.2) is 46.4 Å². The van der Waals surface area contributed by atoms with Gasteiger partial charge in [0.05, 0.1) is 6.61 Å². The summed E-state index contributed by atoms with van der Waals surface area (Å²) >= 11 is 0. The summed E-state index contributed by atoms with van der Waals surface area (Å²) in [7, 11) is 4.86. The van der Waals surface area contributed by atoms with Crippen molar-refractivity contribution < 1.29 is 18.9 Å². The van der Waals surface area contributed by atoms with E-state index in [2.05, 4.69) is 0 Å². The number of ether oxygens (including phenoxy) is 4. The van der Waals surface area contributed by atoms with Crippen molar-refractivity contribution in [3.8, 4) is 0 Å². The predicted molar refractivity (Wildman–Crippen MR) is 47.5 cm³/mol. The first-order valence-corrected chi connectivity index (χ1v) is 4.20. The third-order valence-corrected chi connectivity index (χ3v) is 1.93. The lowest BCUT2D eigenvalue weighted by atomic mass is 10.2. The van der Waals surface area contributed by atoms with Gasteiger partial charge in [0.1, 0.15) is 12.2 Å². The maximum Gasteiger partial charge on any atom is 0.187 e. The molecule has 1 aliphatic rings. The molecule has 3 atom stereocenters. The van der Waals surface area contributed by atoms with Crippen molar-refractivity contribution >= 4 is 0 Å². The first kappa shape index (κ1) is 10.7. The van der Waals surface area contributed by atoms with E-state index in [9.17, 15) is 0 Å². The van der Waals surface area contributed by atoms with Crippen LogP contribution in [0.15, 0.2) is 12.2 Å². The molecule has 0 radical (unpaired) electrons. The van der Waals surface area contributed by atoms with Crippen LogP contribution in [0, 0.1) is 0 Å². The highest BCUT2D eigenvalue weighted by Crippen LogP contribution is 2.15. The molecule has 0 aliphatic carbocycles. The molecule has 0 amide bonds. The molecule has 0 unspecified atom stereocenters. The number of methoxy groups -OCH3 is 3. The number of hydrogen-bond acceptors (Lipinski definition) is 4. The fraction of sp³-hybridized carbons (Fsp3) is 0.778. The lowest BCUT2D eigenvalue weighted by Gasteiger charge is -2.29. The summed E-state index contributed by atoms with van der Waals surface area (Å²) in [5.41, 5.74) is 0. The Kier molecular flexibility index (Phi) is 4.38. The van der Waals surface area contributed by atoms with Crippen LogP contribution in [0.5, 0.6) is 0 Å². The van der Waals surface area contributed by atoms with Crippen LogP contribution in [0.1, 0.15) is 0 Å². The van der Waals surface area contributed by atoms with Crippen molar-refractivity contribution in [3.63, 3.8) is 0 Å². The first-order chi connectivity index (χ1) is 6.31. The second-order valence-electron chi connectivity index (χ2n) is 2.82. The molecule has 1 rings (SSSR count). The highest BCUT2D eigenvalue weighted by molar-refractivity contribution is 5.00. The molecule has 0 spiro atoms. The van der Waals surface area contributed by atoms with Gasteiger partial charge in [-0.2, -0.15) is 0 Å². The molecule has 0 aromatic rings. The summed E-state index contributed by atoms with van der Waals surface area (Å²) in [6.07, 6.45) is 3.35. The highest BCUT2D eigenvalue weighted by atomic mass is 16.7. The van der Waals surface area contributed by atoms with Gasteiger partial charge in [-0.05, 0) is 0 Å². The van der Waals surface area contributed by atoms with Crippen LogP contribution in [0.25, 0.3) is 0 Å². The Morgan fingerprint density at radius 3 is 2.46 bits per heavy atom. The fourth-order valence-electron chi connectivity index (χ4n) is 1.26. The van der Waals surface area contributed by atoms with Gasteiger partial charge in [0, 0.05) is 21.3 Å². The zero-order chi connectivity index (χ0) is 9.68. The quantitative estimate of drug-likeness (QED) is 0.605.